The molecule has 0 aromatic heterocycles. The molecule has 7 heteroatoms. The van der Waals surface area contributed by atoms with Gasteiger partial charge in [-0.05, 0) is 12.1 Å². The number of amides is 1. The number of β-amino-alcohol motifs (C(OH)–C–C–N with tert-alkyl or cyclic N) is 1. The summed E-state index contributed by atoms with van der Waals surface area (Å²) in [7, 11) is 0. The number of benzene rings is 1. The Kier molecular flexibility index (Phi) is 3.39. The first kappa shape index (κ1) is 13.3. The predicted octanol–water partition coefficient (Wildman–Crippen LogP) is 0.191. The molecule has 2 rings (SSSR count). The number of aliphatic hydroxyl groups excluding tert-OH is 1. The minimum Gasteiger partial charge on any atom is -0.507 e. The number of halogens is 1. The molecule has 6 nitrogen and oxygen atoms in total. The molecule has 1 aromatic carbocycles. The van der Waals surface area contributed by atoms with Gasteiger partial charge in [-0.15, -0.1) is 0 Å². The molecule has 2 atom stereocenters. The highest BCUT2D eigenvalue weighted by Gasteiger charge is 2.40. The monoisotopic (exact) mass is 269 g/mol. The fourth-order valence-corrected chi connectivity index (χ4v) is 2.14. The van der Waals surface area contributed by atoms with Gasteiger partial charge in [-0.3, -0.25) is 4.79 Å². The van der Waals surface area contributed by atoms with Gasteiger partial charge in [0.15, 0.2) is 0 Å². The maximum Gasteiger partial charge on any atom is 0.326 e. The van der Waals surface area contributed by atoms with Crippen LogP contribution in [0.15, 0.2) is 18.2 Å². The first-order valence-corrected chi connectivity index (χ1v) is 5.61. The molecule has 3 N–H and O–H groups in total. The zero-order valence-electron chi connectivity index (χ0n) is 9.78. The Balaban J connectivity index is 2.36. The van der Waals surface area contributed by atoms with E-state index in [1.165, 1.54) is 6.07 Å². The molecule has 0 spiro atoms. The Morgan fingerprint density at radius 3 is 2.63 bits per heavy atom. The number of aliphatic hydroxyl groups is 1. The van der Waals surface area contributed by atoms with Gasteiger partial charge in [0.25, 0.3) is 5.91 Å². The standard InChI is InChI=1S/C12H12FNO5/c13-7-2-1-3-9(16)10(7)11(17)14-5-6(15)4-8(14)12(18)19/h1-3,6,8,15-16H,4-5H2,(H,18,19)/t6-,8+/m1/s1. The normalized spacial score (nSPS) is 22.5. The van der Waals surface area contributed by atoms with Crippen LogP contribution in [0.2, 0.25) is 0 Å². The second kappa shape index (κ2) is 4.85. The lowest BCUT2D eigenvalue weighted by Crippen LogP contribution is -2.41. The molecule has 1 amide bonds. The molecule has 1 aliphatic heterocycles. The lowest BCUT2D eigenvalue weighted by molar-refractivity contribution is -0.141. The SMILES string of the molecule is O=C(O)[C@@H]1C[C@@H](O)CN1C(=O)c1c(O)cccc1F. The van der Waals surface area contributed by atoms with Crippen molar-refractivity contribution in [2.75, 3.05) is 6.54 Å². The van der Waals surface area contributed by atoms with E-state index in [9.17, 15) is 24.2 Å². The molecule has 1 saturated heterocycles. The van der Waals surface area contributed by atoms with Crippen LogP contribution in [0.5, 0.6) is 5.75 Å². The Labute approximate surface area is 107 Å². The summed E-state index contributed by atoms with van der Waals surface area (Å²) in [4.78, 5) is 24.0. The average molecular weight is 269 g/mol. The van der Waals surface area contributed by atoms with Crippen molar-refractivity contribution in [3.8, 4) is 5.75 Å². The molecule has 0 unspecified atom stereocenters. The van der Waals surface area contributed by atoms with Crippen LogP contribution in [-0.2, 0) is 4.79 Å². The van der Waals surface area contributed by atoms with E-state index in [0.29, 0.717) is 0 Å². The third-order valence-electron chi connectivity index (χ3n) is 3.03. The van der Waals surface area contributed by atoms with Crippen molar-refractivity contribution >= 4 is 11.9 Å². The largest absolute Gasteiger partial charge is 0.507 e. The van der Waals surface area contributed by atoms with Crippen LogP contribution in [0.3, 0.4) is 0 Å². The third kappa shape index (κ3) is 2.37. The second-order valence-corrected chi connectivity index (χ2v) is 4.34. The fourth-order valence-electron chi connectivity index (χ4n) is 2.14. The summed E-state index contributed by atoms with van der Waals surface area (Å²) in [5.41, 5.74) is -0.581. The molecule has 1 aromatic rings. The number of aromatic hydroxyl groups is 1. The summed E-state index contributed by atoms with van der Waals surface area (Å²) in [6.07, 6.45) is -1.09. The van der Waals surface area contributed by atoms with Crippen LogP contribution in [0, 0.1) is 5.82 Å². The number of phenols is 1. The molecule has 19 heavy (non-hydrogen) atoms. The van der Waals surface area contributed by atoms with Crippen molar-refractivity contribution < 1.29 is 29.3 Å². The first-order valence-electron chi connectivity index (χ1n) is 5.61. The molecule has 102 valence electrons. The van der Waals surface area contributed by atoms with Crippen LogP contribution in [0.25, 0.3) is 0 Å². The number of rotatable bonds is 2. The molecule has 0 saturated carbocycles. The topological polar surface area (TPSA) is 98.1 Å². The Morgan fingerprint density at radius 2 is 2.05 bits per heavy atom. The Hall–Kier alpha value is -2.15. The average Bonchev–Trinajstić information content (AvgIpc) is 2.71. The van der Waals surface area contributed by atoms with Gasteiger partial charge in [0, 0.05) is 13.0 Å². The van der Waals surface area contributed by atoms with Crippen LogP contribution >= 0.6 is 0 Å². The van der Waals surface area contributed by atoms with Crippen molar-refractivity contribution in [3.63, 3.8) is 0 Å². The van der Waals surface area contributed by atoms with Crippen LogP contribution in [-0.4, -0.2) is 50.8 Å². The number of phenolic OH excluding ortho intramolecular Hbond substituents is 1. The molecule has 0 radical (unpaired) electrons. The van der Waals surface area contributed by atoms with E-state index < -0.39 is 41.2 Å². The van der Waals surface area contributed by atoms with Gasteiger partial charge in [0.2, 0.25) is 0 Å². The predicted molar refractivity (Wildman–Crippen MR) is 61.1 cm³/mol. The maximum atomic E-state index is 13.6. The van der Waals surface area contributed by atoms with Crippen molar-refractivity contribution in [2.45, 2.75) is 18.6 Å². The highest BCUT2D eigenvalue weighted by molar-refractivity contribution is 5.99. The molecular weight excluding hydrogens is 257 g/mol. The molecule has 1 heterocycles. The lowest BCUT2D eigenvalue weighted by atomic mass is 10.1. The van der Waals surface area contributed by atoms with Gasteiger partial charge >= 0.3 is 5.97 Å². The van der Waals surface area contributed by atoms with Crippen LogP contribution in [0.4, 0.5) is 4.39 Å². The van der Waals surface area contributed by atoms with E-state index in [2.05, 4.69) is 0 Å². The summed E-state index contributed by atoms with van der Waals surface area (Å²) >= 11 is 0. The second-order valence-electron chi connectivity index (χ2n) is 4.34. The first-order chi connectivity index (χ1) is 8.91. The molecule has 0 bridgehead atoms. The smallest absolute Gasteiger partial charge is 0.326 e. The van der Waals surface area contributed by atoms with Crippen molar-refractivity contribution in [2.24, 2.45) is 0 Å². The number of carboxylic acid groups (broad SMARTS) is 1. The van der Waals surface area contributed by atoms with Gasteiger partial charge in [0.1, 0.15) is 23.2 Å². The Bertz CT molecular complexity index is 513. The van der Waals surface area contributed by atoms with E-state index in [-0.39, 0.29) is 13.0 Å². The van der Waals surface area contributed by atoms with Gasteiger partial charge in [-0.25, -0.2) is 9.18 Å². The summed E-state index contributed by atoms with van der Waals surface area (Å²) in [5, 5.41) is 27.9. The van der Waals surface area contributed by atoms with E-state index in [4.69, 9.17) is 5.11 Å². The summed E-state index contributed by atoms with van der Waals surface area (Å²) in [6.45, 7) is -0.205. The fraction of sp³-hybridized carbons (Fsp3) is 0.333. The Morgan fingerprint density at radius 1 is 1.37 bits per heavy atom. The number of carbonyl (C=O) groups is 2. The molecular formula is C12H12FNO5. The molecule has 1 fully saturated rings. The minimum absolute atomic E-state index is 0.115. The van der Waals surface area contributed by atoms with Gasteiger partial charge in [-0.1, -0.05) is 6.07 Å². The number of carbonyl (C=O) groups excluding carboxylic acids is 1. The van der Waals surface area contributed by atoms with Crippen molar-refractivity contribution in [1.82, 2.24) is 4.90 Å². The van der Waals surface area contributed by atoms with Crippen molar-refractivity contribution in [3.05, 3.63) is 29.6 Å². The van der Waals surface area contributed by atoms with Gasteiger partial charge in [0.05, 0.1) is 6.10 Å². The molecule has 1 aliphatic rings. The van der Waals surface area contributed by atoms with Crippen LogP contribution in [0.1, 0.15) is 16.8 Å². The van der Waals surface area contributed by atoms with E-state index in [0.717, 1.165) is 17.0 Å². The quantitative estimate of drug-likeness (QED) is 0.712. The minimum atomic E-state index is -1.28. The zero-order chi connectivity index (χ0) is 14.2. The zero-order valence-corrected chi connectivity index (χ0v) is 9.78. The number of aliphatic carboxylic acids is 1. The van der Waals surface area contributed by atoms with Gasteiger partial charge < -0.3 is 20.2 Å². The highest BCUT2D eigenvalue weighted by atomic mass is 19.1. The van der Waals surface area contributed by atoms with E-state index >= 15 is 0 Å². The number of carboxylic acids is 1. The van der Waals surface area contributed by atoms with Crippen molar-refractivity contribution in [1.29, 1.82) is 0 Å². The van der Waals surface area contributed by atoms with Gasteiger partial charge in [-0.2, -0.15) is 0 Å². The highest BCUT2D eigenvalue weighted by Crippen LogP contribution is 2.26. The maximum absolute atomic E-state index is 13.6. The number of hydrogen-bond donors (Lipinski definition) is 3. The molecule has 0 aliphatic carbocycles. The number of hydrogen-bond acceptors (Lipinski definition) is 4. The van der Waals surface area contributed by atoms with E-state index in [1.807, 2.05) is 0 Å². The summed E-state index contributed by atoms with van der Waals surface area (Å²) in [5.74, 6) is -3.72. The summed E-state index contributed by atoms with van der Waals surface area (Å²) in [6, 6.07) is 2.14. The van der Waals surface area contributed by atoms with E-state index in [1.54, 1.807) is 0 Å². The lowest BCUT2D eigenvalue weighted by Gasteiger charge is -2.21. The summed E-state index contributed by atoms with van der Waals surface area (Å²) < 4.78 is 13.6. The number of likely N-dealkylation sites (tertiary alicyclic amines) is 1. The third-order valence-corrected chi connectivity index (χ3v) is 3.03. The van der Waals surface area contributed by atoms with Crippen LogP contribution < -0.4 is 0 Å². The number of nitrogens with zero attached hydrogens (tertiary/aromatic N) is 1.